The molecule has 0 heterocycles. The number of rotatable bonds is 7. The maximum atomic E-state index is 12.9. The van der Waals surface area contributed by atoms with Gasteiger partial charge in [0.25, 0.3) is 0 Å². The first-order valence-corrected chi connectivity index (χ1v) is 9.79. The Balaban J connectivity index is 1.98. The van der Waals surface area contributed by atoms with E-state index >= 15 is 0 Å². The molecule has 0 unspecified atom stereocenters. The van der Waals surface area contributed by atoms with Crippen LogP contribution in [-0.2, 0) is 0 Å². The summed E-state index contributed by atoms with van der Waals surface area (Å²) in [6, 6.07) is 27.0. The van der Waals surface area contributed by atoms with E-state index in [1.165, 1.54) is 0 Å². The standard InChI is InChI=1S/C24H20BrNO2/c1-28-21-13-9-17(10-14-21)22(15-24(27)19-5-3-2-4-6-19)23(16-26)18-7-11-20(25)12-8-18/h2-14,22-23H,15H2,1H3/t22-,23+/m0/s1. The van der Waals surface area contributed by atoms with Gasteiger partial charge in [-0.15, -0.1) is 0 Å². The number of hydrogen-bond donors (Lipinski definition) is 0. The number of ether oxygens (including phenoxy) is 1. The largest absolute Gasteiger partial charge is 0.497 e. The number of benzene rings is 3. The monoisotopic (exact) mass is 433 g/mol. The summed E-state index contributed by atoms with van der Waals surface area (Å²) in [4.78, 5) is 12.9. The Bertz CT molecular complexity index is 960. The number of ketones is 1. The van der Waals surface area contributed by atoms with Gasteiger partial charge in [-0.25, -0.2) is 0 Å². The van der Waals surface area contributed by atoms with Gasteiger partial charge in [-0.3, -0.25) is 4.79 Å². The van der Waals surface area contributed by atoms with Crippen molar-refractivity contribution in [3.8, 4) is 11.8 Å². The first kappa shape index (κ1) is 19.9. The quantitative estimate of drug-likeness (QED) is 0.421. The molecule has 0 N–H and O–H groups in total. The second-order valence-corrected chi connectivity index (χ2v) is 7.45. The zero-order valence-corrected chi connectivity index (χ0v) is 17.1. The summed E-state index contributed by atoms with van der Waals surface area (Å²) < 4.78 is 6.20. The lowest BCUT2D eigenvalue weighted by Crippen LogP contribution is -2.15. The second kappa shape index (κ2) is 9.34. The van der Waals surface area contributed by atoms with Crippen molar-refractivity contribution in [2.45, 2.75) is 18.3 Å². The average Bonchev–Trinajstić information content (AvgIpc) is 2.75. The van der Waals surface area contributed by atoms with E-state index in [1.807, 2.05) is 78.9 Å². The molecule has 0 aliphatic heterocycles. The van der Waals surface area contributed by atoms with Crippen molar-refractivity contribution in [3.63, 3.8) is 0 Å². The van der Waals surface area contributed by atoms with Gasteiger partial charge in [0.05, 0.1) is 19.1 Å². The summed E-state index contributed by atoms with van der Waals surface area (Å²) in [6.07, 6.45) is 0.255. The van der Waals surface area contributed by atoms with Crippen LogP contribution in [0, 0.1) is 11.3 Å². The molecule has 3 aromatic rings. The predicted molar refractivity (Wildman–Crippen MR) is 114 cm³/mol. The van der Waals surface area contributed by atoms with Crippen LogP contribution in [0.2, 0.25) is 0 Å². The van der Waals surface area contributed by atoms with E-state index in [9.17, 15) is 10.1 Å². The van der Waals surface area contributed by atoms with E-state index in [4.69, 9.17) is 4.74 Å². The lowest BCUT2D eigenvalue weighted by atomic mass is 9.78. The van der Waals surface area contributed by atoms with Crippen LogP contribution in [0.1, 0.15) is 39.7 Å². The molecular weight excluding hydrogens is 414 g/mol. The van der Waals surface area contributed by atoms with Crippen LogP contribution < -0.4 is 4.74 Å². The first-order valence-electron chi connectivity index (χ1n) is 8.99. The lowest BCUT2D eigenvalue weighted by molar-refractivity contribution is 0.0972. The molecule has 0 aliphatic rings. The maximum absolute atomic E-state index is 12.9. The Hall–Kier alpha value is -2.90. The third kappa shape index (κ3) is 4.68. The van der Waals surface area contributed by atoms with Crippen LogP contribution in [0.5, 0.6) is 5.75 Å². The third-order valence-electron chi connectivity index (χ3n) is 4.82. The molecular formula is C24H20BrNO2. The molecule has 4 heteroatoms. The molecule has 0 saturated carbocycles. The molecule has 0 fully saturated rings. The summed E-state index contributed by atoms with van der Waals surface area (Å²) in [5.74, 6) is 0.0757. The van der Waals surface area contributed by atoms with Gasteiger partial charge in [-0.1, -0.05) is 70.5 Å². The molecule has 0 amide bonds. The van der Waals surface area contributed by atoms with Crippen molar-refractivity contribution in [2.75, 3.05) is 7.11 Å². The third-order valence-corrected chi connectivity index (χ3v) is 5.34. The second-order valence-electron chi connectivity index (χ2n) is 6.53. The Morgan fingerprint density at radius 1 is 0.964 bits per heavy atom. The van der Waals surface area contributed by atoms with Crippen LogP contribution >= 0.6 is 15.9 Å². The summed E-state index contributed by atoms with van der Waals surface area (Å²) in [5.41, 5.74) is 2.50. The topological polar surface area (TPSA) is 50.1 Å². The van der Waals surface area contributed by atoms with Gasteiger partial charge in [-0.2, -0.15) is 5.26 Å². The van der Waals surface area contributed by atoms with E-state index in [-0.39, 0.29) is 18.1 Å². The number of hydrogen-bond acceptors (Lipinski definition) is 3. The highest BCUT2D eigenvalue weighted by Crippen LogP contribution is 2.37. The Morgan fingerprint density at radius 2 is 1.57 bits per heavy atom. The molecule has 0 aromatic heterocycles. The van der Waals surface area contributed by atoms with Crippen LogP contribution in [0.25, 0.3) is 0 Å². The molecule has 3 nitrogen and oxygen atoms in total. The van der Waals surface area contributed by atoms with Gasteiger partial charge < -0.3 is 4.74 Å². The minimum atomic E-state index is -0.436. The average molecular weight is 434 g/mol. The highest BCUT2D eigenvalue weighted by molar-refractivity contribution is 9.10. The van der Waals surface area contributed by atoms with Gasteiger partial charge in [0.15, 0.2) is 5.78 Å². The number of carbonyl (C=O) groups excluding carboxylic acids is 1. The summed E-state index contributed by atoms with van der Waals surface area (Å²) in [6.45, 7) is 0. The number of Topliss-reactive ketones (excluding diaryl/α,β-unsaturated/α-hetero) is 1. The van der Waals surface area contributed by atoms with Crippen molar-refractivity contribution in [2.24, 2.45) is 0 Å². The van der Waals surface area contributed by atoms with Crippen molar-refractivity contribution in [1.29, 1.82) is 5.26 Å². The number of halogens is 1. The fourth-order valence-corrected chi connectivity index (χ4v) is 3.55. The molecule has 0 saturated heterocycles. The van der Waals surface area contributed by atoms with Crippen LogP contribution in [0.3, 0.4) is 0 Å². The molecule has 2 atom stereocenters. The molecule has 3 aromatic carbocycles. The molecule has 3 rings (SSSR count). The molecule has 0 aliphatic carbocycles. The molecule has 0 radical (unpaired) electrons. The zero-order valence-electron chi connectivity index (χ0n) is 15.5. The lowest BCUT2D eigenvalue weighted by Gasteiger charge is -2.23. The summed E-state index contributed by atoms with van der Waals surface area (Å²) >= 11 is 3.43. The minimum absolute atomic E-state index is 0.0266. The fourth-order valence-electron chi connectivity index (χ4n) is 3.29. The van der Waals surface area contributed by atoms with E-state index in [2.05, 4.69) is 22.0 Å². The van der Waals surface area contributed by atoms with Gasteiger partial charge in [0, 0.05) is 22.4 Å². The Kier molecular flexibility index (Phi) is 6.62. The number of nitriles is 1. The van der Waals surface area contributed by atoms with E-state index in [1.54, 1.807) is 7.11 Å². The summed E-state index contributed by atoms with van der Waals surface area (Å²) in [5, 5.41) is 9.97. The molecule has 140 valence electrons. The van der Waals surface area contributed by atoms with E-state index in [0.29, 0.717) is 5.56 Å². The first-order chi connectivity index (χ1) is 13.6. The molecule has 0 bridgehead atoms. The van der Waals surface area contributed by atoms with Crippen molar-refractivity contribution < 1.29 is 9.53 Å². The highest BCUT2D eigenvalue weighted by atomic mass is 79.9. The summed E-state index contributed by atoms with van der Waals surface area (Å²) in [7, 11) is 1.62. The van der Waals surface area contributed by atoms with Crippen molar-refractivity contribution >= 4 is 21.7 Å². The van der Waals surface area contributed by atoms with Gasteiger partial charge in [0.2, 0.25) is 0 Å². The van der Waals surface area contributed by atoms with Gasteiger partial charge >= 0.3 is 0 Å². The highest BCUT2D eigenvalue weighted by Gasteiger charge is 2.27. The Labute approximate surface area is 173 Å². The van der Waals surface area contributed by atoms with E-state index in [0.717, 1.165) is 21.3 Å². The molecule has 0 spiro atoms. The maximum Gasteiger partial charge on any atom is 0.163 e. The smallest absolute Gasteiger partial charge is 0.163 e. The normalized spacial score (nSPS) is 12.6. The SMILES string of the molecule is COc1ccc([C@H](CC(=O)c2ccccc2)[C@H](C#N)c2ccc(Br)cc2)cc1. The fraction of sp³-hybridized carbons (Fsp3) is 0.167. The molecule has 28 heavy (non-hydrogen) atoms. The van der Waals surface area contributed by atoms with E-state index < -0.39 is 5.92 Å². The van der Waals surface area contributed by atoms with Crippen LogP contribution in [0.15, 0.2) is 83.3 Å². The number of nitrogens with zero attached hydrogens (tertiary/aromatic N) is 1. The van der Waals surface area contributed by atoms with Crippen LogP contribution in [-0.4, -0.2) is 12.9 Å². The number of carbonyl (C=O) groups is 1. The number of methoxy groups -OCH3 is 1. The predicted octanol–water partition coefficient (Wildman–Crippen LogP) is 6.12. The zero-order chi connectivity index (χ0) is 19.9. The van der Waals surface area contributed by atoms with Gasteiger partial charge in [0.1, 0.15) is 5.75 Å². The van der Waals surface area contributed by atoms with Crippen LogP contribution in [0.4, 0.5) is 0 Å². The minimum Gasteiger partial charge on any atom is -0.497 e. The van der Waals surface area contributed by atoms with Crippen molar-refractivity contribution in [1.82, 2.24) is 0 Å². The van der Waals surface area contributed by atoms with Gasteiger partial charge in [-0.05, 0) is 35.4 Å². The van der Waals surface area contributed by atoms with Crippen molar-refractivity contribution in [3.05, 3.63) is 100 Å². The Morgan fingerprint density at radius 3 is 2.14 bits per heavy atom.